The number of rotatable bonds is 8. The van der Waals surface area contributed by atoms with Crippen molar-refractivity contribution in [3.8, 4) is 11.5 Å². The molecule has 0 atom stereocenters. The van der Waals surface area contributed by atoms with E-state index in [2.05, 4.69) is 10.5 Å². The monoisotopic (exact) mass is 419 g/mol. The van der Waals surface area contributed by atoms with Crippen LogP contribution in [0.2, 0.25) is 0 Å². The number of sulfonamides is 1. The highest BCUT2D eigenvalue weighted by molar-refractivity contribution is 7.92. The second-order valence-corrected chi connectivity index (χ2v) is 7.80. The molecule has 0 fully saturated rings. The van der Waals surface area contributed by atoms with Gasteiger partial charge >= 0.3 is 5.97 Å². The number of hydrazone groups is 1. The van der Waals surface area contributed by atoms with Crippen molar-refractivity contribution in [3.05, 3.63) is 54.1 Å². The molecule has 0 saturated carbocycles. The Labute approximate surface area is 169 Å². The molecule has 1 N–H and O–H groups in total. The maximum Gasteiger partial charge on any atom is 0.308 e. The van der Waals surface area contributed by atoms with E-state index in [1.807, 2.05) is 0 Å². The number of amides is 1. The summed E-state index contributed by atoms with van der Waals surface area (Å²) < 4.78 is 35.3. The number of esters is 1. The van der Waals surface area contributed by atoms with Gasteiger partial charge in [-0.15, -0.1) is 0 Å². The summed E-state index contributed by atoms with van der Waals surface area (Å²) in [6.07, 6.45) is 2.38. The van der Waals surface area contributed by atoms with E-state index in [0.29, 0.717) is 17.1 Å². The van der Waals surface area contributed by atoms with Gasteiger partial charge in [0.15, 0.2) is 0 Å². The van der Waals surface area contributed by atoms with Gasteiger partial charge in [-0.25, -0.2) is 13.8 Å². The number of hydrogen-bond acceptors (Lipinski definition) is 7. The first-order valence-electron chi connectivity index (χ1n) is 8.42. The van der Waals surface area contributed by atoms with Crippen molar-refractivity contribution >= 4 is 33.8 Å². The number of benzene rings is 2. The SMILES string of the molecule is COc1ccccc1N(CC(=O)N/N=C\c1ccc(OC(C)=O)cc1)S(C)(=O)=O. The maximum absolute atomic E-state index is 12.2. The zero-order chi connectivity index (χ0) is 21.4. The van der Waals surface area contributed by atoms with Gasteiger partial charge in [0, 0.05) is 6.92 Å². The molecular weight excluding hydrogens is 398 g/mol. The van der Waals surface area contributed by atoms with Gasteiger partial charge in [-0.2, -0.15) is 5.10 Å². The van der Waals surface area contributed by atoms with E-state index in [-0.39, 0.29) is 5.69 Å². The molecule has 0 bridgehead atoms. The Balaban J connectivity index is 2.05. The van der Waals surface area contributed by atoms with Gasteiger partial charge in [0.05, 0.1) is 25.3 Å². The molecule has 0 unspecified atom stereocenters. The number of methoxy groups -OCH3 is 1. The molecule has 0 heterocycles. The summed E-state index contributed by atoms with van der Waals surface area (Å²) in [5.74, 6) is -0.348. The molecule has 2 aromatic carbocycles. The third-order valence-corrected chi connectivity index (χ3v) is 4.71. The van der Waals surface area contributed by atoms with Crippen molar-refractivity contribution in [1.82, 2.24) is 5.43 Å². The van der Waals surface area contributed by atoms with Crippen molar-refractivity contribution in [2.45, 2.75) is 6.92 Å². The number of hydrogen-bond donors (Lipinski definition) is 1. The molecule has 2 aromatic rings. The Morgan fingerprint density at radius 1 is 1.14 bits per heavy atom. The lowest BCUT2D eigenvalue weighted by molar-refractivity contribution is -0.131. The number of carbonyl (C=O) groups excluding carboxylic acids is 2. The first-order valence-corrected chi connectivity index (χ1v) is 10.3. The van der Waals surface area contributed by atoms with Crippen LogP contribution in [-0.4, -0.2) is 46.4 Å². The first-order chi connectivity index (χ1) is 13.7. The fourth-order valence-corrected chi connectivity index (χ4v) is 3.21. The molecule has 0 aromatic heterocycles. The van der Waals surface area contributed by atoms with Crippen LogP contribution < -0.4 is 19.2 Å². The van der Waals surface area contributed by atoms with Gasteiger partial charge in [-0.1, -0.05) is 12.1 Å². The largest absolute Gasteiger partial charge is 0.495 e. The van der Waals surface area contributed by atoms with Gasteiger partial charge in [0.25, 0.3) is 5.91 Å². The minimum Gasteiger partial charge on any atom is -0.495 e. The number of para-hydroxylation sites is 2. The van der Waals surface area contributed by atoms with Crippen molar-refractivity contribution < 1.29 is 27.5 Å². The molecule has 0 saturated heterocycles. The molecule has 9 nitrogen and oxygen atoms in total. The van der Waals surface area contributed by atoms with E-state index in [1.54, 1.807) is 48.5 Å². The Bertz CT molecular complexity index is 1000. The van der Waals surface area contributed by atoms with Crippen LogP contribution in [0.1, 0.15) is 12.5 Å². The average Bonchev–Trinajstić information content (AvgIpc) is 2.66. The van der Waals surface area contributed by atoms with E-state index in [9.17, 15) is 18.0 Å². The van der Waals surface area contributed by atoms with E-state index in [4.69, 9.17) is 9.47 Å². The highest BCUT2D eigenvalue weighted by Crippen LogP contribution is 2.29. The summed E-state index contributed by atoms with van der Waals surface area (Å²) in [5, 5.41) is 3.82. The van der Waals surface area contributed by atoms with Crippen LogP contribution in [0.3, 0.4) is 0 Å². The fourth-order valence-electron chi connectivity index (χ4n) is 2.35. The molecule has 154 valence electrons. The van der Waals surface area contributed by atoms with Gasteiger partial charge in [0.1, 0.15) is 18.0 Å². The number of nitrogens with zero attached hydrogens (tertiary/aromatic N) is 2. The first kappa shape index (κ1) is 21.9. The predicted molar refractivity (Wildman–Crippen MR) is 109 cm³/mol. The third kappa shape index (κ3) is 6.61. The minimum absolute atomic E-state index is 0.248. The van der Waals surface area contributed by atoms with Crippen molar-refractivity contribution in [2.24, 2.45) is 5.10 Å². The summed E-state index contributed by atoms with van der Waals surface area (Å²) in [7, 11) is -2.33. The minimum atomic E-state index is -3.74. The average molecular weight is 419 g/mol. The molecule has 0 aliphatic rings. The number of anilines is 1. The highest BCUT2D eigenvalue weighted by atomic mass is 32.2. The number of carbonyl (C=O) groups is 2. The van der Waals surface area contributed by atoms with Crippen LogP contribution in [0.15, 0.2) is 53.6 Å². The van der Waals surface area contributed by atoms with Crippen LogP contribution in [0.5, 0.6) is 11.5 Å². The number of ether oxygens (including phenoxy) is 2. The van der Waals surface area contributed by atoms with Crippen molar-refractivity contribution in [2.75, 3.05) is 24.2 Å². The van der Waals surface area contributed by atoms with Crippen LogP contribution in [0.4, 0.5) is 5.69 Å². The van der Waals surface area contributed by atoms with Crippen molar-refractivity contribution in [3.63, 3.8) is 0 Å². The second kappa shape index (κ2) is 9.69. The molecule has 2 rings (SSSR count). The third-order valence-electron chi connectivity index (χ3n) is 3.59. The maximum atomic E-state index is 12.2. The van der Waals surface area contributed by atoms with E-state index in [1.165, 1.54) is 20.2 Å². The Morgan fingerprint density at radius 3 is 2.38 bits per heavy atom. The van der Waals surface area contributed by atoms with Gasteiger partial charge < -0.3 is 9.47 Å². The quantitative estimate of drug-likeness (QED) is 0.300. The van der Waals surface area contributed by atoms with Crippen LogP contribution in [0.25, 0.3) is 0 Å². The Hall–Kier alpha value is -3.40. The lowest BCUT2D eigenvalue weighted by atomic mass is 10.2. The standard InChI is InChI=1S/C19H21N3O6S/c1-14(23)28-16-10-8-15(9-11-16)12-20-21-19(24)13-22(29(3,25)26)17-6-4-5-7-18(17)27-2/h4-12H,13H2,1-3H3,(H,21,24)/b20-12-. The molecular formula is C19H21N3O6S. The molecule has 29 heavy (non-hydrogen) atoms. The Morgan fingerprint density at radius 2 is 1.79 bits per heavy atom. The normalized spacial score (nSPS) is 11.1. The van der Waals surface area contributed by atoms with Crippen molar-refractivity contribution in [1.29, 1.82) is 0 Å². The molecule has 0 aliphatic heterocycles. The Kier molecular flexibility index (Phi) is 7.32. The number of nitrogens with one attached hydrogen (secondary N) is 1. The topological polar surface area (TPSA) is 114 Å². The smallest absolute Gasteiger partial charge is 0.308 e. The van der Waals surface area contributed by atoms with Gasteiger partial charge in [0.2, 0.25) is 10.0 Å². The molecule has 1 amide bonds. The molecule has 0 aliphatic carbocycles. The summed E-state index contributed by atoms with van der Waals surface area (Å²) in [5.41, 5.74) is 3.18. The zero-order valence-electron chi connectivity index (χ0n) is 16.2. The van der Waals surface area contributed by atoms with Crippen LogP contribution in [-0.2, 0) is 19.6 Å². The van der Waals surface area contributed by atoms with E-state index in [0.717, 1.165) is 10.6 Å². The second-order valence-electron chi connectivity index (χ2n) is 5.90. The van der Waals surface area contributed by atoms with Crippen LogP contribution >= 0.6 is 0 Å². The lowest BCUT2D eigenvalue weighted by Gasteiger charge is -2.23. The highest BCUT2D eigenvalue weighted by Gasteiger charge is 2.23. The molecule has 0 spiro atoms. The molecule has 10 heteroatoms. The van der Waals surface area contributed by atoms with Gasteiger partial charge in [-0.05, 0) is 42.0 Å². The lowest BCUT2D eigenvalue weighted by Crippen LogP contribution is -2.39. The fraction of sp³-hybridized carbons (Fsp3) is 0.211. The summed E-state index contributed by atoms with van der Waals surface area (Å²) >= 11 is 0. The van der Waals surface area contributed by atoms with Crippen LogP contribution in [0, 0.1) is 0 Å². The predicted octanol–water partition coefficient (Wildman–Crippen LogP) is 1.54. The summed E-state index contributed by atoms with van der Waals surface area (Å²) in [4.78, 5) is 23.1. The van der Waals surface area contributed by atoms with E-state index >= 15 is 0 Å². The summed E-state index contributed by atoms with van der Waals surface area (Å²) in [6.45, 7) is 0.831. The summed E-state index contributed by atoms with van der Waals surface area (Å²) in [6, 6.07) is 12.9. The zero-order valence-corrected chi connectivity index (χ0v) is 17.0. The van der Waals surface area contributed by atoms with E-state index < -0.39 is 28.4 Å². The molecule has 0 radical (unpaired) electrons. The van der Waals surface area contributed by atoms with Gasteiger partial charge in [-0.3, -0.25) is 13.9 Å².